The van der Waals surface area contributed by atoms with Gasteiger partial charge in [0.2, 0.25) is 5.91 Å². The van der Waals surface area contributed by atoms with E-state index in [1.807, 2.05) is 31.2 Å². The van der Waals surface area contributed by atoms with Crippen LogP contribution in [0.2, 0.25) is 5.02 Å². The van der Waals surface area contributed by atoms with Crippen molar-refractivity contribution < 1.29 is 9.53 Å². The van der Waals surface area contributed by atoms with Gasteiger partial charge in [0.25, 0.3) is 0 Å². The Morgan fingerprint density at radius 1 is 1.23 bits per heavy atom. The van der Waals surface area contributed by atoms with Crippen LogP contribution in [0.4, 0.5) is 5.82 Å². The molecule has 0 saturated heterocycles. The zero-order chi connectivity index (χ0) is 22.0. The number of fused-ring (bicyclic) bond motifs is 1. The Morgan fingerprint density at radius 3 is 2.65 bits per heavy atom. The zero-order valence-corrected chi connectivity index (χ0v) is 18.7. The maximum Gasteiger partial charge on any atom is 0.217 e. The number of carbonyl (C=O) groups is 1. The molecule has 0 radical (unpaired) electrons. The number of halogens is 1. The van der Waals surface area contributed by atoms with Gasteiger partial charge in [0.15, 0.2) is 11.5 Å². The van der Waals surface area contributed by atoms with Crippen LogP contribution < -0.4 is 10.6 Å². The van der Waals surface area contributed by atoms with Gasteiger partial charge in [0.1, 0.15) is 12.4 Å². The van der Waals surface area contributed by atoms with Crippen LogP contribution in [0.5, 0.6) is 0 Å². The molecular formula is C22H27ClN6O2. The van der Waals surface area contributed by atoms with Gasteiger partial charge in [-0.05, 0) is 50.8 Å². The number of carbonyl (C=O) groups excluding carboxylic acids is 1. The Hall–Kier alpha value is -2.71. The molecule has 2 aromatic heterocycles. The van der Waals surface area contributed by atoms with Crippen molar-refractivity contribution in [1.82, 2.24) is 25.1 Å². The maximum absolute atomic E-state index is 11.3. The SMILES string of the molecule is COCc1nc(NC2CCC(NC(C)=O)CC2)c2c(C)nn(-c3cccc(Cl)c3)c2n1. The first-order valence-corrected chi connectivity index (χ1v) is 10.9. The number of hydrogen-bond acceptors (Lipinski definition) is 6. The van der Waals surface area contributed by atoms with E-state index in [1.165, 1.54) is 0 Å². The number of hydrogen-bond donors (Lipinski definition) is 2. The third-order valence-corrected chi connectivity index (χ3v) is 5.79. The molecule has 2 N–H and O–H groups in total. The second-order valence-electron chi connectivity index (χ2n) is 7.99. The lowest BCUT2D eigenvalue weighted by Crippen LogP contribution is -2.39. The van der Waals surface area contributed by atoms with Crippen LogP contribution in [0, 0.1) is 6.92 Å². The van der Waals surface area contributed by atoms with Crippen LogP contribution in [-0.2, 0) is 16.1 Å². The maximum atomic E-state index is 11.3. The highest BCUT2D eigenvalue weighted by molar-refractivity contribution is 6.30. The normalized spacial score (nSPS) is 18.8. The molecule has 9 heteroatoms. The van der Waals surface area contributed by atoms with Crippen molar-refractivity contribution in [3.63, 3.8) is 0 Å². The largest absolute Gasteiger partial charge is 0.377 e. The number of methoxy groups -OCH3 is 1. The summed E-state index contributed by atoms with van der Waals surface area (Å²) in [5, 5.41) is 12.9. The molecule has 3 aromatic rings. The summed E-state index contributed by atoms with van der Waals surface area (Å²) in [5.74, 6) is 1.39. The first-order valence-electron chi connectivity index (χ1n) is 10.5. The van der Waals surface area contributed by atoms with E-state index in [2.05, 4.69) is 10.6 Å². The van der Waals surface area contributed by atoms with Gasteiger partial charge in [0, 0.05) is 31.1 Å². The fraction of sp³-hybridized carbons (Fsp3) is 0.455. The highest BCUT2D eigenvalue weighted by Gasteiger charge is 2.24. The van der Waals surface area contributed by atoms with E-state index in [9.17, 15) is 4.79 Å². The number of aromatic nitrogens is 4. The number of benzene rings is 1. The number of amides is 1. The molecule has 1 fully saturated rings. The van der Waals surface area contributed by atoms with E-state index in [-0.39, 0.29) is 18.0 Å². The molecule has 2 heterocycles. The predicted molar refractivity (Wildman–Crippen MR) is 121 cm³/mol. The average molecular weight is 443 g/mol. The summed E-state index contributed by atoms with van der Waals surface area (Å²) in [6.07, 6.45) is 3.80. The topological polar surface area (TPSA) is 94.0 Å². The van der Waals surface area contributed by atoms with Crippen molar-refractivity contribution in [2.45, 2.75) is 58.2 Å². The number of nitrogens with one attached hydrogen (secondary N) is 2. The summed E-state index contributed by atoms with van der Waals surface area (Å²) < 4.78 is 7.10. The molecule has 1 aliphatic rings. The van der Waals surface area contributed by atoms with Gasteiger partial charge in [-0.25, -0.2) is 14.6 Å². The van der Waals surface area contributed by atoms with Gasteiger partial charge in [-0.2, -0.15) is 5.10 Å². The third-order valence-electron chi connectivity index (χ3n) is 5.55. The fourth-order valence-corrected chi connectivity index (χ4v) is 4.36. The Kier molecular flexibility index (Phi) is 6.38. The second-order valence-corrected chi connectivity index (χ2v) is 8.43. The van der Waals surface area contributed by atoms with Crippen molar-refractivity contribution in [2.24, 2.45) is 0 Å². The lowest BCUT2D eigenvalue weighted by Gasteiger charge is -2.30. The minimum absolute atomic E-state index is 0.0298. The molecule has 1 saturated carbocycles. The summed E-state index contributed by atoms with van der Waals surface area (Å²) >= 11 is 6.20. The minimum Gasteiger partial charge on any atom is -0.377 e. The lowest BCUT2D eigenvalue weighted by molar-refractivity contribution is -0.119. The predicted octanol–water partition coefficient (Wildman–Crippen LogP) is 3.78. The van der Waals surface area contributed by atoms with Crippen LogP contribution in [-0.4, -0.2) is 44.8 Å². The molecular weight excluding hydrogens is 416 g/mol. The van der Waals surface area contributed by atoms with Gasteiger partial charge in [-0.1, -0.05) is 17.7 Å². The standard InChI is InChI=1S/C22H27ClN6O2/c1-13-20-21(25-17-9-7-16(8-10-17)24-14(2)30)26-19(12-31-3)27-22(20)29(28-13)18-6-4-5-15(23)11-18/h4-6,11,16-17H,7-10,12H2,1-3H3,(H,24,30)(H,25,26,27). The molecule has 0 bridgehead atoms. The van der Waals surface area contributed by atoms with Crippen LogP contribution in [0.15, 0.2) is 24.3 Å². The quantitative estimate of drug-likeness (QED) is 0.603. The van der Waals surface area contributed by atoms with E-state index in [4.69, 9.17) is 31.4 Å². The molecule has 1 amide bonds. The summed E-state index contributed by atoms with van der Waals surface area (Å²) in [6.45, 7) is 3.83. The van der Waals surface area contributed by atoms with Crippen LogP contribution >= 0.6 is 11.6 Å². The van der Waals surface area contributed by atoms with Crippen LogP contribution in [0.3, 0.4) is 0 Å². The molecule has 0 unspecified atom stereocenters. The van der Waals surface area contributed by atoms with E-state index in [0.717, 1.165) is 53.9 Å². The summed E-state index contributed by atoms with van der Waals surface area (Å²) in [6, 6.07) is 8.06. The van der Waals surface area contributed by atoms with E-state index >= 15 is 0 Å². The van der Waals surface area contributed by atoms with Gasteiger partial charge in [0.05, 0.1) is 16.8 Å². The smallest absolute Gasteiger partial charge is 0.217 e. The van der Waals surface area contributed by atoms with E-state index in [0.29, 0.717) is 17.5 Å². The Morgan fingerprint density at radius 2 is 1.97 bits per heavy atom. The van der Waals surface area contributed by atoms with Gasteiger partial charge in [-0.15, -0.1) is 0 Å². The molecule has 0 spiro atoms. The second kappa shape index (κ2) is 9.20. The molecule has 8 nitrogen and oxygen atoms in total. The van der Waals surface area contributed by atoms with Crippen molar-refractivity contribution in [3.8, 4) is 5.69 Å². The molecule has 4 rings (SSSR count). The van der Waals surface area contributed by atoms with Gasteiger partial charge < -0.3 is 15.4 Å². The van der Waals surface area contributed by atoms with Crippen LogP contribution in [0.25, 0.3) is 16.7 Å². The van der Waals surface area contributed by atoms with Crippen molar-refractivity contribution in [3.05, 3.63) is 40.8 Å². The number of nitrogens with zero attached hydrogens (tertiary/aromatic N) is 4. The fourth-order valence-electron chi connectivity index (χ4n) is 4.18. The first-order chi connectivity index (χ1) is 14.9. The number of aryl methyl sites for hydroxylation is 1. The first kappa shape index (κ1) is 21.5. The summed E-state index contributed by atoms with van der Waals surface area (Å²) in [5.41, 5.74) is 2.40. The molecule has 164 valence electrons. The number of anilines is 1. The van der Waals surface area contributed by atoms with Crippen molar-refractivity contribution in [2.75, 3.05) is 12.4 Å². The number of ether oxygens (including phenoxy) is 1. The lowest BCUT2D eigenvalue weighted by atomic mass is 9.91. The Labute approximate surface area is 186 Å². The van der Waals surface area contributed by atoms with E-state index in [1.54, 1.807) is 18.7 Å². The average Bonchev–Trinajstić information content (AvgIpc) is 3.06. The Balaban J connectivity index is 1.67. The van der Waals surface area contributed by atoms with Gasteiger partial charge >= 0.3 is 0 Å². The van der Waals surface area contributed by atoms with Crippen molar-refractivity contribution >= 4 is 34.4 Å². The number of rotatable bonds is 6. The Bertz CT molecular complexity index is 1090. The summed E-state index contributed by atoms with van der Waals surface area (Å²) in [4.78, 5) is 20.8. The monoisotopic (exact) mass is 442 g/mol. The highest BCUT2D eigenvalue weighted by atomic mass is 35.5. The molecule has 0 aliphatic heterocycles. The van der Waals surface area contributed by atoms with E-state index < -0.39 is 0 Å². The molecule has 1 aliphatic carbocycles. The molecule has 0 atom stereocenters. The molecule has 1 aromatic carbocycles. The zero-order valence-electron chi connectivity index (χ0n) is 18.0. The molecule has 31 heavy (non-hydrogen) atoms. The summed E-state index contributed by atoms with van der Waals surface area (Å²) in [7, 11) is 1.63. The highest BCUT2D eigenvalue weighted by Crippen LogP contribution is 2.30. The van der Waals surface area contributed by atoms with Crippen LogP contribution in [0.1, 0.15) is 44.1 Å². The van der Waals surface area contributed by atoms with Gasteiger partial charge in [-0.3, -0.25) is 4.79 Å². The third kappa shape index (κ3) is 4.80. The minimum atomic E-state index is 0.0298. The van der Waals surface area contributed by atoms with Crippen molar-refractivity contribution in [1.29, 1.82) is 0 Å².